The maximum absolute atomic E-state index is 5.86. The van der Waals surface area contributed by atoms with Crippen molar-refractivity contribution >= 4 is 17.4 Å². The van der Waals surface area contributed by atoms with Crippen LogP contribution in [0, 0.1) is 0 Å². The fourth-order valence-electron chi connectivity index (χ4n) is 1.91. The van der Waals surface area contributed by atoms with Crippen LogP contribution in [0.2, 0.25) is 5.02 Å². The van der Waals surface area contributed by atoms with Crippen LogP contribution < -0.4 is 11.6 Å². The summed E-state index contributed by atoms with van der Waals surface area (Å²) in [7, 11) is 0. The second-order valence-electron chi connectivity index (χ2n) is 4.51. The van der Waals surface area contributed by atoms with Gasteiger partial charge in [-0.15, -0.1) is 10.2 Å². The number of hydrazone groups is 1. The highest BCUT2D eigenvalue weighted by atomic mass is 35.5. The Bertz CT molecular complexity index is 809. The summed E-state index contributed by atoms with van der Waals surface area (Å²) >= 11 is 5.86. The van der Waals surface area contributed by atoms with E-state index in [1.165, 1.54) is 0 Å². The minimum atomic E-state index is 0.263. The van der Waals surface area contributed by atoms with Crippen molar-refractivity contribution in [1.29, 1.82) is 0 Å². The molecule has 2 aromatic carbocycles. The number of nitrogens with zero attached hydrogens (tertiary/aromatic N) is 3. The highest BCUT2D eigenvalue weighted by molar-refractivity contribution is 6.30. The lowest BCUT2D eigenvalue weighted by Crippen LogP contribution is -2.15. The Morgan fingerprint density at radius 3 is 1.91 bits per heavy atom. The van der Waals surface area contributed by atoms with Gasteiger partial charge in [0, 0.05) is 21.7 Å². The third-order valence-electron chi connectivity index (χ3n) is 3.08. The molecule has 4 N–H and O–H groups in total. The van der Waals surface area contributed by atoms with Gasteiger partial charge in [-0.2, -0.15) is 5.10 Å². The summed E-state index contributed by atoms with van der Waals surface area (Å²) in [6.07, 6.45) is 0. The normalized spacial score (nSPS) is 11.6. The fourth-order valence-corrected chi connectivity index (χ4v) is 2.03. The quantitative estimate of drug-likeness (QED) is 0.335. The van der Waals surface area contributed by atoms with E-state index in [1.54, 1.807) is 24.3 Å². The minimum Gasteiger partial charge on any atom is -0.416 e. The van der Waals surface area contributed by atoms with Gasteiger partial charge in [-0.1, -0.05) is 23.7 Å². The number of nitrogens with two attached hydrogens (primary N) is 2. The van der Waals surface area contributed by atoms with Gasteiger partial charge in [0.05, 0.1) is 0 Å². The Morgan fingerprint density at radius 1 is 0.909 bits per heavy atom. The molecule has 0 radical (unpaired) electrons. The molecule has 0 aliphatic carbocycles. The lowest BCUT2D eigenvalue weighted by Gasteiger charge is -2.00. The third kappa shape index (κ3) is 2.77. The first-order valence-electron chi connectivity index (χ1n) is 6.41. The zero-order valence-corrected chi connectivity index (χ0v) is 12.2. The SMILES string of the molecule is NN=C(N)c1ccc(-c2nnc(-c3ccc(Cl)cc3)o2)cc1. The van der Waals surface area contributed by atoms with E-state index in [0.29, 0.717) is 16.8 Å². The van der Waals surface area contributed by atoms with E-state index in [-0.39, 0.29) is 5.84 Å². The molecule has 0 fully saturated rings. The van der Waals surface area contributed by atoms with Crippen molar-refractivity contribution in [2.24, 2.45) is 16.7 Å². The molecule has 0 aliphatic rings. The van der Waals surface area contributed by atoms with Crippen molar-refractivity contribution in [3.05, 3.63) is 59.1 Å². The van der Waals surface area contributed by atoms with Crippen LogP contribution in [0.25, 0.3) is 22.9 Å². The first kappa shape index (κ1) is 14.1. The number of hydrogen-bond acceptors (Lipinski definition) is 5. The van der Waals surface area contributed by atoms with Crippen molar-refractivity contribution in [2.45, 2.75) is 0 Å². The first-order valence-corrected chi connectivity index (χ1v) is 6.79. The summed E-state index contributed by atoms with van der Waals surface area (Å²) in [5, 5.41) is 12.2. The molecule has 0 amide bonds. The molecule has 6 nitrogen and oxygen atoms in total. The smallest absolute Gasteiger partial charge is 0.248 e. The number of aromatic nitrogens is 2. The van der Waals surface area contributed by atoms with Crippen molar-refractivity contribution in [2.75, 3.05) is 0 Å². The average Bonchev–Trinajstić information content (AvgIpc) is 3.05. The van der Waals surface area contributed by atoms with E-state index in [9.17, 15) is 0 Å². The van der Waals surface area contributed by atoms with E-state index >= 15 is 0 Å². The molecule has 22 heavy (non-hydrogen) atoms. The Hall–Kier alpha value is -2.86. The molecule has 0 spiro atoms. The van der Waals surface area contributed by atoms with Gasteiger partial charge in [-0.25, -0.2) is 0 Å². The molecular weight excluding hydrogens is 302 g/mol. The van der Waals surface area contributed by atoms with Crippen LogP contribution in [0.5, 0.6) is 0 Å². The van der Waals surface area contributed by atoms with E-state index in [4.69, 9.17) is 27.6 Å². The van der Waals surface area contributed by atoms with Gasteiger partial charge in [0.25, 0.3) is 0 Å². The predicted molar refractivity (Wildman–Crippen MR) is 85.1 cm³/mol. The van der Waals surface area contributed by atoms with Gasteiger partial charge in [0.2, 0.25) is 11.8 Å². The number of hydrogen-bond donors (Lipinski definition) is 2. The molecular formula is C15H12ClN5O. The Morgan fingerprint density at radius 2 is 1.41 bits per heavy atom. The highest BCUT2D eigenvalue weighted by Gasteiger charge is 2.10. The zero-order valence-electron chi connectivity index (χ0n) is 11.4. The van der Waals surface area contributed by atoms with E-state index in [2.05, 4.69) is 15.3 Å². The molecule has 0 unspecified atom stereocenters. The summed E-state index contributed by atoms with van der Waals surface area (Å²) < 4.78 is 5.67. The van der Waals surface area contributed by atoms with Crippen LogP contribution in [0.15, 0.2) is 58.0 Å². The second-order valence-corrected chi connectivity index (χ2v) is 4.95. The molecule has 1 aromatic heterocycles. The van der Waals surface area contributed by atoms with Gasteiger partial charge in [0.1, 0.15) is 5.84 Å². The largest absolute Gasteiger partial charge is 0.416 e. The summed E-state index contributed by atoms with van der Waals surface area (Å²) in [5.41, 5.74) is 7.95. The minimum absolute atomic E-state index is 0.263. The molecule has 3 aromatic rings. The average molecular weight is 314 g/mol. The van der Waals surface area contributed by atoms with E-state index in [1.807, 2.05) is 24.3 Å². The lowest BCUT2D eigenvalue weighted by molar-refractivity contribution is 0.584. The molecule has 110 valence electrons. The van der Waals surface area contributed by atoms with Crippen LogP contribution >= 0.6 is 11.6 Å². The van der Waals surface area contributed by atoms with E-state index in [0.717, 1.165) is 16.7 Å². The van der Waals surface area contributed by atoms with Crippen LogP contribution in [0.1, 0.15) is 5.56 Å². The first-order chi connectivity index (χ1) is 10.7. The van der Waals surface area contributed by atoms with E-state index < -0.39 is 0 Å². The van der Waals surface area contributed by atoms with Crippen molar-refractivity contribution < 1.29 is 4.42 Å². The van der Waals surface area contributed by atoms with Crippen molar-refractivity contribution in [1.82, 2.24) is 10.2 Å². The van der Waals surface area contributed by atoms with Crippen LogP contribution in [-0.4, -0.2) is 16.0 Å². The maximum atomic E-state index is 5.86. The molecule has 0 bridgehead atoms. The van der Waals surface area contributed by atoms with Gasteiger partial charge in [-0.05, 0) is 36.4 Å². The summed E-state index contributed by atoms with van der Waals surface area (Å²) in [6.45, 7) is 0. The zero-order chi connectivity index (χ0) is 15.5. The summed E-state index contributed by atoms with van der Waals surface area (Å²) in [4.78, 5) is 0. The molecule has 3 rings (SSSR count). The standard InChI is InChI=1S/C15H12ClN5O/c16-12-7-5-11(6-8-12)15-21-20-14(22-15)10-3-1-9(2-4-10)13(17)19-18/h1-8H,18H2,(H2,17,19). The summed E-state index contributed by atoms with van der Waals surface area (Å²) in [5.74, 6) is 6.25. The van der Waals surface area contributed by atoms with Gasteiger partial charge < -0.3 is 16.0 Å². The Balaban J connectivity index is 1.89. The monoisotopic (exact) mass is 313 g/mol. The van der Waals surface area contributed by atoms with Gasteiger partial charge >= 0.3 is 0 Å². The topological polar surface area (TPSA) is 103 Å². The number of amidine groups is 1. The summed E-state index contributed by atoms with van der Waals surface area (Å²) in [6, 6.07) is 14.4. The lowest BCUT2D eigenvalue weighted by atomic mass is 10.1. The molecule has 0 saturated heterocycles. The molecule has 0 atom stereocenters. The number of rotatable bonds is 3. The second kappa shape index (κ2) is 5.87. The maximum Gasteiger partial charge on any atom is 0.248 e. The number of benzene rings is 2. The molecule has 0 aliphatic heterocycles. The van der Waals surface area contributed by atoms with Crippen molar-refractivity contribution in [3.8, 4) is 22.9 Å². The van der Waals surface area contributed by atoms with Crippen LogP contribution in [0.3, 0.4) is 0 Å². The number of halogens is 1. The third-order valence-corrected chi connectivity index (χ3v) is 3.33. The van der Waals surface area contributed by atoms with Gasteiger partial charge in [0.15, 0.2) is 0 Å². The van der Waals surface area contributed by atoms with Crippen LogP contribution in [0.4, 0.5) is 0 Å². The Labute approximate surface area is 131 Å². The van der Waals surface area contributed by atoms with Crippen LogP contribution in [-0.2, 0) is 0 Å². The fraction of sp³-hybridized carbons (Fsp3) is 0. The molecule has 1 heterocycles. The molecule has 0 saturated carbocycles. The van der Waals surface area contributed by atoms with Gasteiger partial charge in [-0.3, -0.25) is 0 Å². The Kier molecular flexibility index (Phi) is 3.76. The highest BCUT2D eigenvalue weighted by Crippen LogP contribution is 2.25. The molecule has 7 heteroatoms. The predicted octanol–water partition coefficient (Wildman–Crippen LogP) is 2.64. The van der Waals surface area contributed by atoms with Crippen molar-refractivity contribution in [3.63, 3.8) is 0 Å².